The van der Waals surface area contributed by atoms with Crippen LogP contribution < -0.4 is 5.32 Å². The Morgan fingerprint density at radius 3 is 1.30 bits per heavy atom. The third-order valence-electron chi connectivity index (χ3n) is 12.8. The smallest absolute Gasteiger partial charge is 0.387 e. The Hall–Kier alpha value is -2.32. The van der Waals surface area contributed by atoms with E-state index in [2.05, 4.69) is 92.1 Å². The minimum Gasteiger partial charge on any atom is -0.387 e. The standard InChI is InChI=1S/C62H113N2O6P/c1-6-8-10-12-14-16-18-20-22-24-26-28-30-32-34-36-38-40-42-44-46-48-50-52-54-56-62(66)63-60(59-70-71(67,68)69-58-57-64(3,4)5)61(65)55-53-51-49-47-45-43-41-39-37-35-33-31-29-27-25-23-21-19-17-15-13-11-9-7-2/h8,10,14,16,20,22,26,28,32,34,45,47,53,55,60-61,65H,6-7,9,11-13,15,17-19,21,23-25,27,29-31,33,35-44,46,48-52,54,56-59H2,1-5H3,(H-,63,66,67,68)/p+1/b10-8-,16-14-,22-20-,28-26-,34-32-,47-45+,55-53+. The number of nitrogens with zero attached hydrogens (tertiary/aromatic N) is 1. The number of phosphoric acid groups is 1. The van der Waals surface area contributed by atoms with Gasteiger partial charge >= 0.3 is 7.82 Å². The molecule has 0 aromatic carbocycles. The zero-order valence-electron chi connectivity index (χ0n) is 46.9. The first-order chi connectivity index (χ1) is 34.5. The molecule has 0 aliphatic rings. The molecule has 0 spiro atoms. The minimum absolute atomic E-state index is 0.0512. The number of likely N-dealkylation sites (N-methyl/N-ethyl adjacent to an activating group) is 1. The second kappa shape index (κ2) is 52.5. The van der Waals surface area contributed by atoms with Crippen molar-refractivity contribution in [3.8, 4) is 0 Å². The monoisotopic (exact) mass is 1010 g/mol. The number of amides is 1. The summed E-state index contributed by atoms with van der Waals surface area (Å²) in [5, 5.41) is 13.9. The number of unbranched alkanes of at least 4 members (excludes halogenated alkanes) is 28. The summed E-state index contributed by atoms with van der Waals surface area (Å²) in [5.41, 5.74) is 0. The van der Waals surface area contributed by atoms with E-state index in [1.54, 1.807) is 6.08 Å². The maximum absolute atomic E-state index is 13.0. The van der Waals surface area contributed by atoms with Crippen molar-refractivity contribution in [2.45, 2.75) is 264 Å². The number of quaternary nitrogens is 1. The molecule has 0 aromatic heterocycles. The van der Waals surface area contributed by atoms with Gasteiger partial charge in [-0.3, -0.25) is 13.8 Å². The molecule has 8 nitrogen and oxygen atoms in total. The van der Waals surface area contributed by atoms with Gasteiger partial charge in [0, 0.05) is 6.42 Å². The van der Waals surface area contributed by atoms with Crippen LogP contribution >= 0.6 is 7.82 Å². The van der Waals surface area contributed by atoms with E-state index in [9.17, 15) is 19.4 Å². The van der Waals surface area contributed by atoms with Crippen LogP contribution in [0.2, 0.25) is 0 Å². The number of rotatable bonds is 53. The summed E-state index contributed by atoms with van der Waals surface area (Å²) in [6.45, 7) is 4.69. The predicted octanol–water partition coefficient (Wildman–Crippen LogP) is 18.0. The molecule has 1 amide bonds. The highest BCUT2D eigenvalue weighted by Gasteiger charge is 2.27. The molecule has 0 saturated heterocycles. The topological polar surface area (TPSA) is 105 Å². The second-order valence-electron chi connectivity index (χ2n) is 21.0. The first-order valence-corrected chi connectivity index (χ1v) is 31.0. The fourth-order valence-electron chi connectivity index (χ4n) is 8.26. The van der Waals surface area contributed by atoms with Crippen LogP contribution in [-0.2, 0) is 18.4 Å². The van der Waals surface area contributed by atoms with Gasteiger partial charge in [0.1, 0.15) is 13.2 Å². The van der Waals surface area contributed by atoms with E-state index in [-0.39, 0.29) is 19.1 Å². The lowest BCUT2D eigenvalue weighted by molar-refractivity contribution is -0.870. The van der Waals surface area contributed by atoms with Crippen LogP contribution in [0.5, 0.6) is 0 Å². The average molecular weight is 1010 g/mol. The van der Waals surface area contributed by atoms with E-state index in [1.807, 2.05) is 27.2 Å². The van der Waals surface area contributed by atoms with Crippen molar-refractivity contribution in [3.63, 3.8) is 0 Å². The van der Waals surface area contributed by atoms with Gasteiger partial charge < -0.3 is 19.8 Å². The van der Waals surface area contributed by atoms with Crippen LogP contribution in [0.1, 0.15) is 251 Å². The summed E-state index contributed by atoms with van der Waals surface area (Å²) in [5.74, 6) is -0.195. The Morgan fingerprint density at radius 2 is 0.859 bits per heavy atom. The summed E-state index contributed by atoms with van der Waals surface area (Å²) in [7, 11) is 1.54. The normalized spacial score (nSPS) is 14.5. The molecule has 3 N–H and O–H groups in total. The number of aliphatic hydroxyl groups excluding tert-OH is 1. The lowest BCUT2D eigenvalue weighted by Crippen LogP contribution is -2.45. The van der Waals surface area contributed by atoms with Gasteiger partial charge in [-0.15, -0.1) is 0 Å². The molecule has 71 heavy (non-hydrogen) atoms. The summed E-state index contributed by atoms with van der Waals surface area (Å²) in [4.78, 5) is 23.3. The first kappa shape index (κ1) is 68.7. The third-order valence-corrected chi connectivity index (χ3v) is 13.8. The zero-order chi connectivity index (χ0) is 52.0. The van der Waals surface area contributed by atoms with Gasteiger partial charge in [0.15, 0.2) is 0 Å². The average Bonchev–Trinajstić information content (AvgIpc) is 3.33. The number of aliphatic hydroxyl groups is 1. The highest BCUT2D eigenvalue weighted by atomic mass is 31.2. The van der Waals surface area contributed by atoms with Gasteiger partial charge in [0.25, 0.3) is 0 Å². The van der Waals surface area contributed by atoms with Crippen molar-refractivity contribution in [2.24, 2.45) is 0 Å². The van der Waals surface area contributed by atoms with Crippen molar-refractivity contribution < 1.29 is 32.9 Å². The Bertz CT molecular complexity index is 1430. The lowest BCUT2D eigenvalue weighted by Gasteiger charge is -2.25. The number of nitrogens with one attached hydrogen (secondary N) is 1. The number of hydrogen-bond donors (Lipinski definition) is 3. The second-order valence-corrected chi connectivity index (χ2v) is 22.4. The van der Waals surface area contributed by atoms with Crippen molar-refractivity contribution in [1.29, 1.82) is 0 Å². The molecule has 3 unspecified atom stereocenters. The largest absolute Gasteiger partial charge is 0.472 e. The molecule has 0 fully saturated rings. The SMILES string of the molecule is CC/C=C\C/C=C\C/C=C\C/C=C\C/C=C\CCCCCCCCCCCC(=O)NC(COP(=O)(O)OCC[N+](C)(C)C)C(O)/C=C/CC/C=C/CCCCCCCCCCCCCCCCCCCC. The highest BCUT2D eigenvalue weighted by molar-refractivity contribution is 7.47. The lowest BCUT2D eigenvalue weighted by atomic mass is 10.0. The van der Waals surface area contributed by atoms with E-state index in [0.29, 0.717) is 17.4 Å². The van der Waals surface area contributed by atoms with Crippen molar-refractivity contribution in [3.05, 3.63) is 85.1 Å². The van der Waals surface area contributed by atoms with E-state index >= 15 is 0 Å². The molecule has 3 atom stereocenters. The molecule has 0 aliphatic heterocycles. The van der Waals surface area contributed by atoms with Crippen LogP contribution in [0.3, 0.4) is 0 Å². The van der Waals surface area contributed by atoms with Crippen LogP contribution in [-0.4, -0.2) is 73.4 Å². The molecule has 0 aromatic rings. The summed E-state index contributed by atoms with van der Waals surface area (Å²) in [6, 6.07) is -0.873. The van der Waals surface area contributed by atoms with E-state index in [1.165, 1.54) is 154 Å². The van der Waals surface area contributed by atoms with Gasteiger partial charge in [0.05, 0.1) is 39.9 Å². The number of allylic oxidation sites excluding steroid dienone is 13. The maximum atomic E-state index is 13.0. The predicted molar refractivity (Wildman–Crippen MR) is 309 cm³/mol. The fraction of sp³-hybridized carbons (Fsp3) is 0.758. The van der Waals surface area contributed by atoms with Crippen molar-refractivity contribution in [1.82, 2.24) is 5.32 Å². The molecule has 0 rings (SSSR count). The van der Waals surface area contributed by atoms with E-state index < -0.39 is 20.0 Å². The van der Waals surface area contributed by atoms with E-state index in [4.69, 9.17) is 9.05 Å². The molecular formula is C62H114N2O6P+. The minimum atomic E-state index is -4.36. The molecule has 0 bridgehead atoms. The van der Waals surface area contributed by atoms with Crippen molar-refractivity contribution in [2.75, 3.05) is 40.9 Å². The fourth-order valence-corrected chi connectivity index (χ4v) is 9.00. The van der Waals surface area contributed by atoms with Crippen molar-refractivity contribution >= 4 is 13.7 Å². The van der Waals surface area contributed by atoms with Crippen LogP contribution in [0.4, 0.5) is 0 Å². The van der Waals surface area contributed by atoms with Gasteiger partial charge in [-0.05, 0) is 77.0 Å². The number of hydrogen-bond acceptors (Lipinski definition) is 5. The summed E-state index contributed by atoms with van der Waals surface area (Å²) < 4.78 is 23.7. The molecule has 9 heteroatoms. The first-order valence-electron chi connectivity index (χ1n) is 29.5. The molecular weight excluding hydrogens is 900 g/mol. The van der Waals surface area contributed by atoms with Gasteiger partial charge in [-0.1, -0.05) is 253 Å². The number of carbonyl (C=O) groups excluding carboxylic acids is 1. The molecule has 412 valence electrons. The third kappa shape index (κ3) is 55.3. The van der Waals surface area contributed by atoms with E-state index in [0.717, 1.165) is 77.0 Å². The van der Waals surface area contributed by atoms with Gasteiger partial charge in [0.2, 0.25) is 5.91 Å². The number of carbonyl (C=O) groups is 1. The molecule has 0 saturated carbocycles. The van der Waals surface area contributed by atoms with Gasteiger partial charge in [-0.2, -0.15) is 0 Å². The summed E-state index contributed by atoms with van der Waals surface area (Å²) >= 11 is 0. The zero-order valence-corrected chi connectivity index (χ0v) is 47.8. The molecule has 0 aliphatic carbocycles. The maximum Gasteiger partial charge on any atom is 0.472 e. The summed E-state index contributed by atoms with van der Waals surface area (Å²) in [6.07, 6.45) is 74.0. The Labute approximate surface area is 439 Å². The Kier molecular flexibility index (Phi) is 50.8. The molecule has 0 radical (unpaired) electrons. The molecule has 0 heterocycles. The van der Waals surface area contributed by atoms with Crippen LogP contribution in [0.15, 0.2) is 85.1 Å². The quantitative estimate of drug-likeness (QED) is 0.0243. The Morgan fingerprint density at radius 1 is 0.493 bits per heavy atom. The van der Waals surface area contributed by atoms with Crippen LogP contribution in [0, 0.1) is 0 Å². The highest BCUT2D eigenvalue weighted by Crippen LogP contribution is 2.43. The number of phosphoric ester groups is 1. The van der Waals surface area contributed by atoms with Crippen LogP contribution in [0.25, 0.3) is 0 Å². The van der Waals surface area contributed by atoms with Gasteiger partial charge in [-0.25, -0.2) is 4.57 Å². The Balaban J connectivity index is 4.28.